The molecule has 2 aromatic heterocycles. The predicted molar refractivity (Wildman–Crippen MR) is 70.0 cm³/mol. The van der Waals surface area contributed by atoms with Gasteiger partial charge in [0.1, 0.15) is 5.82 Å². The second-order valence-electron chi connectivity index (χ2n) is 3.72. The van der Waals surface area contributed by atoms with Crippen molar-refractivity contribution in [2.45, 2.75) is 19.9 Å². The molecule has 0 saturated heterocycles. The Morgan fingerprint density at radius 1 is 1.44 bits per heavy atom. The van der Waals surface area contributed by atoms with Crippen molar-refractivity contribution in [2.24, 2.45) is 0 Å². The number of aromatic nitrogens is 2. The van der Waals surface area contributed by atoms with E-state index in [1.807, 2.05) is 12.3 Å². The van der Waals surface area contributed by atoms with Crippen LogP contribution in [0.3, 0.4) is 0 Å². The van der Waals surface area contributed by atoms with E-state index >= 15 is 0 Å². The third-order valence-corrected chi connectivity index (χ3v) is 3.06. The topological polar surface area (TPSA) is 75.1 Å². The van der Waals surface area contributed by atoms with Gasteiger partial charge in [0.25, 0.3) is 0 Å². The van der Waals surface area contributed by atoms with Gasteiger partial charge in [0, 0.05) is 11.1 Å². The summed E-state index contributed by atoms with van der Waals surface area (Å²) < 4.78 is 0. The molecule has 5 nitrogen and oxygen atoms in total. The van der Waals surface area contributed by atoms with Crippen LogP contribution in [0, 0.1) is 0 Å². The molecule has 0 radical (unpaired) electrons. The number of carbonyl (C=O) groups is 1. The van der Waals surface area contributed by atoms with Crippen LogP contribution in [0.2, 0.25) is 0 Å². The summed E-state index contributed by atoms with van der Waals surface area (Å²) in [5, 5.41) is 14.0. The van der Waals surface area contributed by atoms with Crippen LogP contribution in [0.25, 0.3) is 0 Å². The molecule has 18 heavy (non-hydrogen) atoms. The smallest absolute Gasteiger partial charge is 0.335 e. The zero-order valence-electron chi connectivity index (χ0n) is 9.88. The van der Waals surface area contributed by atoms with Gasteiger partial charge in [-0.05, 0) is 18.6 Å². The van der Waals surface area contributed by atoms with Gasteiger partial charge in [-0.15, -0.1) is 11.3 Å². The Hall–Kier alpha value is -1.95. The number of nitrogens with zero attached hydrogens (tertiary/aromatic N) is 2. The summed E-state index contributed by atoms with van der Waals surface area (Å²) in [5.41, 5.74) is 3.69. The highest BCUT2D eigenvalue weighted by atomic mass is 32.1. The SMILES string of the molecule is CCc1cc(C(=O)O)cc(NCc2cscn2)n1. The van der Waals surface area contributed by atoms with Crippen molar-refractivity contribution in [1.82, 2.24) is 9.97 Å². The van der Waals surface area contributed by atoms with Crippen molar-refractivity contribution in [3.05, 3.63) is 40.0 Å². The van der Waals surface area contributed by atoms with Crippen molar-refractivity contribution in [1.29, 1.82) is 0 Å². The number of anilines is 1. The van der Waals surface area contributed by atoms with Crippen LogP contribution in [0.5, 0.6) is 0 Å². The minimum Gasteiger partial charge on any atom is -0.478 e. The molecule has 0 fully saturated rings. The number of rotatable bonds is 5. The highest BCUT2D eigenvalue weighted by Gasteiger charge is 2.07. The van der Waals surface area contributed by atoms with Gasteiger partial charge in [-0.3, -0.25) is 0 Å². The minimum atomic E-state index is -0.941. The third-order valence-electron chi connectivity index (χ3n) is 2.42. The largest absolute Gasteiger partial charge is 0.478 e. The number of hydrogen-bond acceptors (Lipinski definition) is 5. The van der Waals surface area contributed by atoms with Gasteiger partial charge in [-0.1, -0.05) is 6.92 Å². The van der Waals surface area contributed by atoms with E-state index in [1.54, 1.807) is 11.6 Å². The Kier molecular flexibility index (Phi) is 3.88. The standard InChI is InChI=1S/C12H13N3O2S/c1-2-9-3-8(12(16)17)4-11(15-9)13-5-10-6-18-7-14-10/h3-4,6-7H,2,5H2,1H3,(H,13,15)(H,16,17). The summed E-state index contributed by atoms with van der Waals surface area (Å²) in [6.07, 6.45) is 0.701. The van der Waals surface area contributed by atoms with Crippen molar-refractivity contribution in [2.75, 3.05) is 5.32 Å². The second kappa shape index (κ2) is 5.59. The van der Waals surface area contributed by atoms with Gasteiger partial charge in [0.15, 0.2) is 0 Å². The van der Waals surface area contributed by atoms with Crippen molar-refractivity contribution >= 4 is 23.1 Å². The van der Waals surface area contributed by atoms with E-state index < -0.39 is 5.97 Å². The number of aromatic carboxylic acids is 1. The van der Waals surface area contributed by atoms with Crippen LogP contribution < -0.4 is 5.32 Å². The van der Waals surface area contributed by atoms with Gasteiger partial charge < -0.3 is 10.4 Å². The molecule has 0 unspecified atom stereocenters. The van der Waals surface area contributed by atoms with E-state index in [-0.39, 0.29) is 5.56 Å². The molecule has 2 heterocycles. The highest BCUT2D eigenvalue weighted by molar-refractivity contribution is 7.07. The number of nitrogens with one attached hydrogen (secondary N) is 1. The van der Waals surface area contributed by atoms with E-state index in [0.717, 1.165) is 11.4 Å². The maximum absolute atomic E-state index is 11.0. The molecular weight excluding hydrogens is 250 g/mol. The molecular formula is C12H13N3O2S. The molecule has 2 N–H and O–H groups in total. The van der Waals surface area contributed by atoms with Gasteiger partial charge in [-0.2, -0.15) is 0 Å². The van der Waals surface area contributed by atoms with Gasteiger partial charge in [-0.25, -0.2) is 14.8 Å². The van der Waals surface area contributed by atoms with Gasteiger partial charge in [0.05, 0.1) is 23.3 Å². The summed E-state index contributed by atoms with van der Waals surface area (Å²) in [6, 6.07) is 3.13. The molecule has 0 spiro atoms. The maximum Gasteiger partial charge on any atom is 0.335 e. The molecule has 0 amide bonds. The summed E-state index contributed by atoms with van der Waals surface area (Å²) in [5.74, 6) is -0.372. The first-order valence-corrected chi connectivity index (χ1v) is 6.48. The monoisotopic (exact) mass is 263 g/mol. The highest BCUT2D eigenvalue weighted by Crippen LogP contribution is 2.13. The Balaban J connectivity index is 2.16. The molecule has 0 bridgehead atoms. The maximum atomic E-state index is 11.0. The average Bonchev–Trinajstić information content (AvgIpc) is 2.89. The fourth-order valence-electron chi connectivity index (χ4n) is 1.49. The summed E-state index contributed by atoms with van der Waals surface area (Å²) in [4.78, 5) is 19.5. The number of pyridine rings is 1. The van der Waals surface area contributed by atoms with Gasteiger partial charge >= 0.3 is 5.97 Å². The van der Waals surface area contributed by atoms with Crippen LogP contribution in [0.4, 0.5) is 5.82 Å². The Morgan fingerprint density at radius 2 is 2.28 bits per heavy atom. The average molecular weight is 263 g/mol. The van der Waals surface area contributed by atoms with Gasteiger partial charge in [0.2, 0.25) is 0 Å². The van der Waals surface area contributed by atoms with Crippen molar-refractivity contribution in [3.8, 4) is 0 Å². The number of carboxylic acid groups (broad SMARTS) is 1. The molecule has 2 rings (SSSR count). The van der Waals surface area contributed by atoms with E-state index in [9.17, 15) is 4.79 Å². The first-order chi connectivity index (χ1) is 8.69. The molecule has 6 heteroatoms. The molecule has 0 atom stereocenters. The van der Waals surface area contributed by atoms with Crippen LogP contribution in [-0.2, 0) is 13.0 Å². The van der Waals surface area contributed by atoms with E-state index in [1.165, 1.54) is 17.4 Å². The van der Waals surface area contributed by atoms with E-state index in [0.29, 0.717) is 18.8 Å². The molecule has 94 valence electrons. The number of carboxylic acids is 1. The fraction of sp³-hybridized carbons (Fsp3) is 0.250. The predicted octanol–water partition coefficient (Wildman–Crippen LogP) is 2.41. The summed E-state index contributed by atoms with van der Waals surface area (Å²) in [7, 11) is 0. The Labute approximate surface area is 109 Å². The molecule has 0 aliphatic carbocycles. The fourth-order valence-corrected chi connectivity index (χ4v) is 2.05. The van der Waals surface area contributed by atoms with Crippen LogP contribution in [-0.4, -0.2) is 21.0 Å². The number of hydrogen-bond donors (Lipinski definition) is 2. The van der Waals surface area contributed by atoms with Crippen LogP contribution >= 0.6 is 11.3 Å². The van der Waals surface area contributed by atoms with Crippen LogP contribution in [0.15, 0.2) is 23.0 Å². The lowest BCUT2D eigenvalue weighted by atomic mass is 10.2. The van der Waals surface area contributed by atoms with Crippen LogP contribution in [0.1, 0.15) is 28.7 Å². The number of aryl methyl sites for hydroxylation is 1. The zero-order valence-corrected chi connectivity index (χ0v) is 10.7. The normalized spacial score (nSPS) is 10.3. The number of thiazole rings is 1. The molecule has 2 aromatic rings. The van der Waals surface area contributed by atoms with Crippen molar-refractivity contribution < 1.29 is 9.90 Å². The third kappa shape index (κ3) is 3.04. The van der Waals surface area contributed by atoms with Crippen molar-refractivity contribution in [3.63, 3.8) is 0 Å². The lowest BCUT2D eigenvalue weighted by Crippen LogP contribution is -2.06. The molecule has 0 saturated carbocycles. The summed E-state index contributed by atoms with van der Waals surface area (Å²) in [6.45, 7) is 2.49. The Morgan fingerprint density at radius 3 is 2.89 bits per heavy atom. The quantitative estimate of drug-likeness (QED) is 0.866. The first kappa shape index (κ1) is 12.5. The minimum absolute atomic E-state index is 0.252. The second-order valence-corrected chi connectivity index (χ2v) is 4.44. The lowest BCUT2D eigenvalue weighted by molar-refractivity contribution is 0.0696. The van der Waals surface area contributed by atoms with E-state index in [4.69, 9.17) is 5.11 Å². The van der Waals surface area contributed by atoms with E-state index in [2.05, 4.69) is 15.3 Å². The molecule has 0 aromatic carbocycles. The lowest BCUT2D eigenvalue weighted by Gasteiger charge is -2.07. The Bertz CT molecular complexity index is 540. The molecule has 0 aliphatic rings. The first-order valence-electron chi connectivity index (χ1n) is 5.54. The zero-order chi connectivity index (χ0) is 13.0. The molecule has 0 aliphatic heterocycles. The summed E-state index contributed by atoms with van der Waals surface area (Å²) >= 11 is 1.52.